The Hall–Kier alpha value is -1.82. The molecule has 0 saturated heterocycles. The molecule has 2 atom stereocenters. The highest BCUT2D eigenvalue weighted by Gasteiger charge is 2.26. The van der Waals surface area contributed by atoms with E-state index in [1.807, 2.05) is 0 Å². The quantitative estimate of drug-likeness (QED) is 0.622. The molecular formula is C11H15NO5. The van der Waals surface area contributed by atoms with Crippen LogP contribution in [0.3, 0.4) is 0 Å². The standard InChI is InChI=1S/C11H15NO5/c1-7(12(14)15)11(13)8-4-9(16-2)6-10(5-8)17-3/h4-7,11,13H,1-3H3/t7-,11-/m1/s1. The maximum atomic E-state index is 10.6. The molecule has 0 aliphatic carbocycles. The SMILES string of the molecule is COc1cc(OC)cc([C@H](O)[C@@H](C)[N+](=O)[O-])c1. The van der Waals surface area contributed by atoms with Gasteiger partial charge in [0.2, 0.25) is 6.04 Å². The minimum atomic E-state index is -1.20. The van der Waals surface area contributed by atoms with E-state index in [9.17, 15) is 15.2 Å². The van der Waals surface area contributed by atoms with E-state index in [1.165, 1.54) is 21.1 Å². The Labute approximate surface area is 98.9 Å². The lowest BCUT2D eigenvalue weighted by atomic mass is 10.0. The molecule has 0 unspecified atom stereocenters. The van der Waals surface area contributed by atoms with Crippen LogP contribution in [0.5, 0.6) is 11.5 Å². The van der Waals surface area contributed by atoms with Crippen LogP contribution in [0.2, 0.25) is 0 Å². The van der Waals surface area contributed by atoms with Crippen molar-refractivity contribution in [3.63, 3.8) is 0 Å². The third-order valence-corrected chi connectivity index (χ3v) is 2.50. The Morgan fingerprint density at radius 2 is 1.71 bits per heavy atom. The number of ether oxygens (including phenoxy) is 2. The molecule has 0 heterocycles. The largest absolute Gasteiger partial charge is 0.497 e. The van der Waals surface area contributed by atoms with E-state index < -0.39 is 17.1 Å². The average Bonchev–Trinajstić information content (AvgIpc) is 2.35. The predicted octanol–water partition coefficient (Wildman–Crippen LogP) is 1.40. The first-order valence-corrected chi connectivity index (χ1v) is 5.04. The maximum Gasteiger partial charge on any atom is 0.239 e. The van der Waals surface area contributed by atoms with Gasteiger partial charge in [0, 0.05) is 17.9 Å². The van der Waals surface area contributed by atoms with Crippen molar-refractivity contribution in [2.75, 3.05) is 14.2 Å². The number of rotatable bonds is 5. The summed E-state index contributed by atoms with van der Waals surface area (Å²) in [5.74, 6) is 0.961. The molecule has 1 N–H and O–H groups in total. The van der Waals surface area contributed by atoms with Crippen LogP contribution in [0, 0.1) is 10.1 Å². The van der Waals surface area contributed by atoms with E-state index >= 15 is 0 Å². The molecule has 1 aromatic carbocycles. The second-order valence-electron chi connectivity index (χ2n) is 3.62. The second kappa shape index (κ2) is 5.49. The van der Waals surface area contributed by atoms with Crippen LogP contribution in [-0.4, -0.2) is 30.3 Å². The van der Waals surface area contributed by atoms with E-state index in [4.69, 9.17) is 9.47 Å². The summed E-state index contributed by atoms with van der Waals surface area (Å²) >= 11 is 0. The van der Waals surface area contributed by atoms with Crippen molar-refractivity contribution >= 4 is 0 Å². The first-order chi connectivity index (χ1) is 7.99. The van der Waals surface area contributed by atoms with Crippen LogP contribution in [0.15, 0.2) is 18.2 Å². The van der Waals surface area contributed by atoms with Gasteiger partial charge in [-0.1, -0.05) is 0 Å². The lowest BCUT2D eigenvalue weighted by Crippen LogP contribution is -2.23. The van der Waals surface area contributed by atoms with Crippen LogP contribution < -0.4 is 9.47 Å². The minimum Gasteiger partial charge on any atom is -0.497 e. The molecule has 6 nitrogen and oxygen atoms in total. The fraction of sp³-hybridized carbons (Fsp3) is 0.455. The van der Waals surface area contributed by atoms with Crippen molar-refractivity contribution < 1.29 is 19.5 Å². The minimum absolute atomic E-state index is 0.394. The summed E-state index contributed by atoms with van der Waals surface area (Å²) in [6, 6.07) is 3.64. The van der Waals surface area contributed by atoms with E-state index in [1.54, 1.807) is 18.2 Å². The Kier molecular flexibility index (Phi) is 4.28. The first-order valence-electron chi connectivity index (χ1n) is 5.04. The van der Waals surface area contributed by atoms with Crippen molar-refractivity contribution in [2.24, 2.45) is 0 Å². The normalized spacial score (nSPS) is 13.9. The lowest BCUT2D eigenvalue weighted by Gasteiger charge is -2.14. The van der Waals surface area contributed by atoms with Gasteiger partial charge >= 0.3 is 0 Å². The Bertz CT molecular complexity index is 385. The van der Waals surface area contributed by atoms with Gasteiger partial charge in [-0.2, -0.15) is 0 Å². The number of benzene rings is 1. The Morgan fingerprint density at radius 1 is 1.24 bits per heavy atom. The van der Waals surface area contributed by atoms with E-state index in [-0.39, 0.29) is 0 Å². The molecule has 1 rings (SSSR count). The fourth-order valence-electron chi connectivity index (χ4n) is 1.39. The zero-order chi connectivity index (χ0) is 13.0. The molecule has 1 aromatic rings. The fourth-order valence-corrected chi connectivity index (χ4v) is 1.39. The molecule has 0 fully saturated rings. The highest BCUT2D eigenvalue weighted by Crippen LogP contribution is 2.28. The topological polar surface area (TPSA) is 81.8 Å². The van der Waals surface area contributed by atoms with Gasteiger partial charge in [-0.3, -0.25) is 10.1 Å². The molecule has 0 aromatic heterocycles. The second-order valence-corrected chi connectivity index (χ2v) is 3.62. The van der Waals surface area contributed by atoms with Crippen molar-refractivity contribution in [3.05, 3.63) is 33.9 Å². The number of nitrogens with zero attached hydrogens (tertiary/aromatic N) is 1. The van der Waals surface area contributed by atoms with Gasteiger partial charge in [0.05, 0.1) is 14.2 Å². The summed E-state index contributed by atoms with van der Waals surface area (Å²) in [4.78, 5) is 10.1. The summed E-state index contributed by atoms with van der Waals surface area (Å²) in [6.45, 7) is 1.34. The number of hydrogen-bond acceptors (Lipinski definition) is 5. The van der Waals surface area contributed by atoms with Gasteiger partial charge in [-0.15, -0.1) is 0 Å². The molecule has 94 valence electrons. The summed E-state index contributed by atoms with van der Waals surface area (Å²) in [5, 5.41) is 20.5. The molecule has 0 aliphatic rings. The van der Waals surface area contributed by atoms with E-state index in [2.05, 4.69) is 0 Å². The predicted molar refractivity (Wildman–Crippen MR) is 61.0 cm³/mol. The summed E-state index contributed by atoms with van der Waals surface area (Å²) in [5.41, 5.74) is 0.394. The van der Waals surface area contributed by atoms with Gasteiger partial charge in [0.1, 0.15) is 17.6 Å². The molecule has 0 spiro atoms. The van der Waals surface area contributed by atoms with Gasteiger partial charge in [-0.25, -0.2) is 0 Å². The molecule has 0 bridgehead atoms. The van der Waals surface area contributed by atoms with Crippen molar-refractivity contribution in [2.45, 2.75) is 19.1 Å². The molecule has 0 amide bonds. The zero-order valence-electron chi connectivity index (χ0n) is 9.91. The average molecular weight is 241 g/mol. The number of nitro groups is 1. The van der Waals surface area contributed by atoms with Gasteiger partial charge in [-0.05, 0) is 17.7 Å². The van der Waals surface area contributed by atoms with Crippen LogP contribution >= 0.6 is 0 Å². The smallest absolute Gasteiger partial charge is 0.239 e. The number of aliphatic hydroxyl groups is 1. The van der Waals surface area contributed by atoms with Crippen LogP contribution in [0.4, 0.5) is 0 Å². The van der Waals surface area contributed by atoms with Crippen LogP contribution in [0.1, 0.15) is 18.6 Å². The molecule has 6 heteroatoms. The van der Waals surface area contributed by atoms with Crippen LogP contribution in [-0.2, 0) is 0 Å². The van der Waals surface area contributed by atoms with Crippen LogP contribution in [0.25, 0.3) is 0 Å². The molecule has 0 radical (unpaired) electrons. The number of aliphatic hydroxyl groups excluding tert-OH is 1. The maximum absolute atomic E-state index is 10.6. The molecule has 0 saturated carbocycles. The van der Waals surface area contributed by atoms with Gasteiger partial charge in [0.15, 0.2) is 0 Å². The molecule has 0 aliphatic heterocycles. The third kappa shape index (κ3) is 3.07. The monoisotopic (exact) mass is 241 g/mol. The summed E-state index contributed by atoms with van der Waals surface area (Å²) in [7, 11) is 2.95. The van der Waals surface area contributed by atoms with E-state index in [0.717, 1.165) is 0 Å². The lowest BCUT2D eigenvalue weighted by molar-refractivity contribution is -0.531. The van der Waals surface area contributed by atoms with Crippen molar-refractivity contribution in [1.29, 1.82) is 0 Å². The van der Waals surface area contributed by atoms with E-state index in [0.29, 0.717) is 17.1 Å². The van der Waals surface area contributed by atoms with Crippen molar-refractivity contribution in [3.8, 4) is 11.5 Å². The highest BCUT2D eigenvalue weighted by molar-refractivity contribution is 5.39. The Morgan fingerprint density at radius 3 is 2.06 bits per heavy atom. The highest BCUT2D eigenvalue weighted by atomic mass is 16.6. The Balaban J connectivity index is 3.07. The zero-order valence-corrected chi connectivity index (χ0v) is 9.91. The van der Waals surface area contributed by atoms with Gasteiger partial charge in [0.25, 0.3) is 0 Å². The number of hydrogen-bond donors (Lipinski definition) is 1. The third-order valence-electron chi connectivity index (χ3n) is 2.50. The molecular weight excluding hydrogens is 226 g/mol. The first kappa shape index (κ1) is 13.2. The number of methoxy groups -OCH3 is 2. The van der Waals surface area contributed by atoms with Crippen molar-refractivity contribution in [1.82, 2.24) is 0 Å². The summed E-state index contributed by atoms with van der Waals surface area (Å²) < 4.78 is 10.1. The molecule has 17 heavy (non-hydrogen) atoms. The van der Waals surface area contributed by atoms with Gasteiger partial charge < -0.3 is 14.6 Å². The summed E-state index contributed by atoms with van der Waals surface area (Å²) in [6.07, 6.45) is -1.20.